The van der Waals surface area contributed by atoms with E-state index >= 15 is 0 Å². The fraction of sp³-hybridized carbons (Fsp3) is 0.500. The second-order valence-corrected chi connectivity index (χ2v) is 6.30. The lowest BCUT2D eigenvalue weighted by Crippen LogP contribution is -2.40. The number of nitrogens with zero attached hydrogens (tertiary/aromatic N) is 3. The number of fused-ring (bicyclic) bond motifs is 1. The third kappa shape index (κ3) is 2.81. The molecule has 0 saturated carbocycles. The summed E-state index contributed by atoms with van der Waals surface area (Å²) >= 11 is 3.41. The van der Waals surface area contributed by atoms with Crippen molar-refractivity contribution in [2.75, 3.05) is 11.9 Å². The Labute approximate surface area is 115 Å². The van der Waals surface area contributed by atoms with Gasteiger partial charge >= 0.3 is 0 Å². The van der Waals surface area contributed by atoms with E-state index in [2.05, 4.69) is 52.1 Å². The first-order valence-corrected chi connectivity index (χ1v) is 6.68. The average Bonchev–Trinajstić information content (AvgIpc) is 2.65. The highest BCUT2D eigenvalue weighted by atomic mass is 79.9. The van der Waals surface area contributed by atoms with Crippen molar-refractivity contribution in [2.45, 2.75) is 26.8 Å². The summed E-state index contributed by atoms with van der Waals surface area (Å²) in [5.74, 6) is 0.610. The first-order chi connectivity index (χ1) is 8.40. The minimum Gasteiger partial charge on any atom is -0.348 e. The largest absolute Gasteiger partial charge is 0.348 e. The van der Waals surface area contributed by atoms with Crippen LogP contribution in [0.3, 0.4) is 0 Å². The van der Waals surface area contributed by atoms with Crippen LogP contribution < -0.4 is 11.1 Å². The fourth-order valence-corrected chi connectivity index (χ4v) is 2.03. The van der Waals surface area contributed by atoms with Gasteiger partial charge in [0.1, 0.15) is 0 Å². The van der Waals surface area contributed by atoms with Gasteiger partial charge in [-0.15, -0.1) is 5.10 Å². The van der Waals surface area contributed by atoms with Crippen molar-refractivity contribution in [1.29, 1.82) is 0 Å². The molecule has 98 valence electrons. The number of anilines is 1. The smallest absolute Gasteiger partial charge is 0.243 e. The molecule has 0 amide bonds. The van der Waals surface area contributed by atoms with Gasteiger partial charge in [0.05, 0.1) is 0 Å². The van der Waals surface area contributed by atoms with Crippen LogP contribution in [0.2, 0.25) is 0 Å². The molecule has 6 heteroatoms. The zero-order chi connectivity index (χ0) is 13.3. The van der Waals surface area contributed by atoms with E-state index in [1.807, 2.05) is 18.3 Å². The molecule has 5 nitrogen and oxygen atoms in total. The first kappa shape index (κ1) is 13.3. The number of nitrogens with two attached hydrogens (primary N) is 1. The number of pyridine rings is 1. The fourth-order valence-electron chi connectivity index (χ4n) is 1.70. The van der Waals surface area contributed by atoms with Crippen LogP contribution in [-0.2, 0) is 0 Å². The third-order valence-corrected chi connectivity index (χ3v) is 3.35. The maximum Gasteiger partial charge on any atom is 0.243 e. The Hall–Kier alpha value is -1.14. The van der Waals surface area contributed by atoms with Crippen LogP contribution in [0.1, 0.15) is 20.8 Å². The molecular weight excluding hydrogens is 294 g/mol. The molecule has 0 aliphatic heterocycles. The second-order valence-electron chi connectivity index (χ2n) is 5.38. The number of hydrogen-bond donors (Lipinski definition) is 2. The first-order valence-electron chi connectivity index (χ1n) is 5.88. The summed E-state index contributed by atoms with van der Waals surface area (Å²) in [5.41, 5.74) is 6.67. The number of aromatic nitrogens is 3. The SMILES string of the molecule is CC(C)(C)C(CN)Nc1nc2ccc(Br)cn2n1. The number of nitrogens with one attached hydrogen (secondary N) is 1. The van der Waals surface area contributed by atoms with Gasteiger partial charge in [0.15, 0.2) is 5.65 Å². The lowest BCUT2D eigenvalue weighted by atomic mass is 9.87. The minimum absolute atomic E-state index is 0.0623. The summed E-state index contributed by atoms with van der Waals surface area (Å²) in [6, 6.07) is 3.99. The summed E-state index contributed by atoms with van der Waals surface area (Å²) in [5, 5.41) is 7.68. The molecule has 0 fully saturated rings. The maximum atomic E-state index is 5.79. The predicted molar refractivity (Wildman–Crippen MR) is 76.6 cm³/mol. The predicted octanol–water partition coefficient (Wildman–Crippen LogP) is 2.28. The molecule has 0 radical (unpaired) electrons. The van der Waals surface area contributed by atoms with Gasteiger partial charge in [0, 0.05) is 23.3 Å². The van der Waals surface area contributed by atoms with Crippen LogP contribution in [0.5, 0.6) is 0 Å². The lowest BCUT2D eigenvalue weighted by molar-refractivity contribution is 0.344. The van der Waals surface area contributed by atoms with E-state index in [-0.39, 0.29) is 11.5 Å². The standard InChI is InChI=1S/C12H18BrN5/c1-12(2,3)9(6-14)15-11-16-10-5-4-8(13)7-18(10)17-11/h4-5,7,9H,6,14H2,1-3H3,(H,15,17). The lowest BCUT2D eigenvalue weighted by Gasteiger charge is -2.29. The van der Waals surface area contributed by atoms with Crippen LogP contribution in [0.25, 0.3) is 5.65 Å². The quantitative estimate of drug-likeness (QED) is 0.912. The second kappa shape index (κ2) is 4.85. The number of hydrogen-bond acceptors (Lipinski definition) is 4. The Morgan fingerprint density at radius 2 is 2.17 bits per heavy atom. The molecule has 0 aromatic carbocycles. The molecule has 1 atom stereocenters. The van der Waals surface area contributed by atoms with Gasteiger partial charge in [-0.2, -0.15) is 4.98 Å². The molecule has 0 aliphatic rings. The molecule has 0 saturated heterocycles. The topological polar surface area (TPSA) is 68.2 Å². The van der Waals surface area contributed by atoms with Gasteiger partial charge < -0.3 is 11.1 Å². The van der Waals surface area contributed by atoms with Crippen LogP contribution in [0.4, 0.5) is 5.95 Å². The van der Waals surface area contributed by atoms with E-state index in [0.717, 1.165) is 10.1 Å². The zero-order valence-corrected chi connectivity index (χ0v) is 12.4. The molecule has 2 aromatic rings. The summed E-state index contributed by atoms with van der Waals surface area (Å²) in [4.78, 5) is 4.42. The van der Waals surface area contributed by atoms with E-state index in [4.69, 9.17) is 5.73 Å². The molecule has 2 aromatic heterocycles. The highest BCUT2D eigenvalue weighted by Gasteiger charge is 2.24. The van der Waals surface area contributed by atoms with Crippen LogP contribution >= 0.6 is 15.9 Å². The maximum absolute atomic E-state index is 5.79. The van der Waals surface area contributed by atoms with Crippen LogP contribution in [0.15, 0.2) is 22.8 Å². The Balaban J connectivity index is 2.26. The van der Waals surface area contributed by atoms with Crippen molar-refractivity contribution in [3.8, 4) is 0 Å². The van der Waals surface area contributed by atoms with Crippen molar-refractivity contribution in [3.05, 3.63) is 22.8 Å². The Kier molecular flexibility index (Phi) is 3.59. The van der Waals surface area contributed by atoms with Crippen molar-refractivity contribution in [1.82, 2.24) is 14.6 Å². The summed E-state index contributed by atoms with van der Waals surface area (Å²) in [7, 11) is 0. The van der Waals surface area contributed by atoms with E-state index in [1.165, 1.54) is 0 Å². The summed E-state index contributed by atoms with van der Waals surface area (Å²) in [6.07, 6.45) is 1.88. The molecule has 2 heterocycles. The summed E-state index contributed by atoms with van der Waals surface area (Å²) < 4.78 is 2.71. The van der Waals surface area contributed by atoms with E-state index in [9.17, 15) is 0 Å². The Morgan fingerprint density at radius 1 is 1.44 bits per heavy atom. The van der Waals surface area contributed by atoms with Crippen molar-refractivity contribution >= 4 is 27.5 Å². The van der Waals surface area contributed by atoms with E-state index in [0.29, 0.717) is 12.5 Å². The van der Waals surface area contributed by atoms with Gasteiger partial charge in [-0.25, -0.2) is 4.52 Å². The van der Waals surface area contributed by atoms with Gasteiger partial charge in [0.25, 0.3) is 0 Å². The van der Waals surface area contributed by atoms with Crippen molar-refractivity contribution in [3.63, 3.8) is 0 Å². The van der Waals surface area contributed by atoms with E-state index < -0.39 is 0 Å². The third-order valence-electron chi connectivity index (χ3n) is 2.88. The molecule has 0 aliphatic carbocycles. The molecule has 18 heavy (non-hydrogen) atoms. The molecule has 0 spiro atoms. The van der Waals surface area contributed by atoms with E-state index in [1.54, 1.807) is 4.52 Å². The minimum atomic E-state index is 0.0623. The average molecular weight is 312 g/mol. The number of halogens is 1. The summed E-state index contributed by atoms with van der Waals surface area (Å²) in [6.45, 7) is 6.97. The molecule has 0 bridgehead atoms. The monoisotopic (exact) mass is 311 g/mol. The molecule has 1 unspecified atom stereocenters. The van der Waals surface area contributed by atoms with Crippen LogP contribution in [0, 0.1) is 5.41 Å². The van der Waals surface area contributed by atoms with Gasteiger partial charge in [-0.05, 0) is 33.5 Å². The normalized spacial score (nSPS) is 13.8. The Bertz CT molecular complexity index is 543. The van der Waals surface area contributed by atoms with Gasteiger partial charge in [-0.3, -0.25) is 0 Å². The molecule has 3 N–H and O–H groups in total. The molecule has 2 rings (SSSR count). The zero-order valence-electron chi connectivity index (χ0n) is 10.8. The van der Waals surface area contributed by atoms with Gasteiger partial charge in [0.2, 0.25) is 5.95 Å². The van der Waals surface area contributed by atoms with Crippen molar-refractivity contribution < 1.29 is 0 Å². The van der Waals surface area contributed by atoms with Crippen LogP contribution in [-0.4, -0.2) is 27.2 Å². The number of rotatable bonds is 3. The Morgan fingerprint density at radius 3 is 2.78 bits per heavy atom. The molecular formula is C12H18BrN5. The highest BCUT2D eigenvalue weighted by Crippen LogP contribution is 2.21. The van der Waals surface area contributed by atoms with Crippen molar-refractivity contribution in [2.24, 2.45) is 11.1 Å². The highest BCUT2D eigenvalue weighted by molar-refractivity contribution is 9.10. The van der Waals surface area contributed by atoms with Gasteiger partial charge in [-0.1, -0.05) is 20.8 Å².